The number of thiocarbonyl (C=S) groups is 1. The molecule has 0 aliphatic heterocycles. The first-order valence-electron chi connectivity index (χ1n) is 5.63. The highest BCUT2D eigenvalue weighted by molar-refractivity contribution is 7.80. The highest BCUT2D eigenvalue weighted by atomic mass is 32.1. The molecule has 0 saturated carbocycles. The molecule has 2 N–H and O–H groups in total. The standard InChI is InChI=1S/C10H14F6N2O2S/c1-18(4-2-6(17)21)7(19)3-5-20-8(9(11,12)13)10(14,15)16/h8H,2-5H2,1H3,(H2,17,21). The fourth-order valence-electron chi connectivity index (χ4n) is 1.23. The van der Waals surface area contributed by atoms with Crippen molar-refractivity contribution in [2.45, 2.75) is 31.3 Å². The van der Waals surface area contributed by atoms with Crippen LogP contribution >= 0.6 is 12.2 Å². The zero-order valence-corrected chi connectivity index (χ0v) is 11.7. The zero-order valence-electron chi connectivity index (χ0n) is 10.9. The van der Waals surface area contributed by atoms with E-state index in [1.54, 1.807) is 0 Å². The lowest BCUT2D eigenvalue weighted by Gasteiger charge is -2.23. The van der Waals surface area contributed by atoms with Gasteiger partial charge in [0.25, 0.3) is 0 Å². The molecule has 0 rings (SSSR count). The fraction of sp³-hybridized carbons (Fsp3) is 0.800. The van der Waals surface area contributed by atoms with Crippen molar-refractivity contribution >= 4 is 23.1 Å². The molecule has 0 aromatic carbocycles. The van der Waals surface area contributed by atoms with Crippen LogP contribution in [0.15, 0.2) is 0 Å². The van der Waals surface area contributed by atoms with E-state index >= 15 is 0 Å². The predicted octanol–water partition coefficient (Wildman–Crippen LogP) is 2.02. The second-order valence-electron chi connectivity index (χ2n) is 4.12. The van der Waals surface area contributed by atoms with Gasteiger partial charge in [0.15, 0.2) is 0 Å². The maximum Gasteiger partial charge on any atom is 0.423 e. The molecular weight excluding hydrogens is 326 g/mol. The van der Waals surface area contributed by atoms with Crippen LogP contribution in [0.25, 0.3) is 0 Å². The first kappa shape index (κ1) is 19.9. The van der Waals surface area contributed by atoms with Gasteiger partial charge in [0.1, 0.15) is 0 Å². The van der Waals surface area contributed by atoms with E-state index in [1.807, 2.05) is 0 Å². The van der Waals surface area contributed by atoms with Gasteiger partial charge in [-0.05, 0) is 0 Å². The van der Waals surface area contributed by atoms with Gasteiger partial charge in [-0.1, -0.05) is 12.2 Å². The summed E-state index contributed by atoms with van der Waals surface area (Å²) in [5.74, 6) is -0.672. The topological polar surface area (TPSA) is 55.6 Å². The monoisotopic (exact) mass is 340 g/mol. The van der Waals surface area contributed by atoms with E-state index in [-0.39, 0.29) is 18.0 Å². The summed E-state index contributed by atoms with van der Waals surface area (Å²) in [5, 5.41) is 0. The van der Waals surface area contributed by atoms with Crippen LogP contribution in [0.3, 0.4) is 0 Å². The maximum atomic E-state index is 12.1. The number of nitrogens with two attached hydrogens (primary N) is 1. The van der Waals surface area contributed by atoms with E-state index in [1.165, 1.54) is 7.05 Å². The number of ether oxygens (including phenoxy) is 1. The Morgan fingerprint density at radius 3 is 2.05 bits per heavy atom. The molecule has 1 amide bonds. The molecule has 4 nitrogen and oxygen atoms in total. The summed E-state index contributed by atoms with van der Waals surface area (Å²) in [6.45, 7) is -0.879. The molecule has 0 aliphatic carbocycles. The quantitative estimate of drug-likeness (QED) is 0.569. The molecule has 0 radical (unpaired) electrons. The summed E-state index contributed by atoms with van der Waals surface area (Å²) in [5.41, 5.74) is 5.20. The van der Waals surface area contributed by atoms with Gasteiger partial charge in [-0.3, -0.25) is 4.79 Å². The van der Waals surface area contributed by atoms with Crippen LogP contribution in [0.1, 0.15) is 12.8 Å². The zero-order chi connectivity index (χ0) is 16.8. The number of amides is 1. The van der Waals surface area contributed by atoms with Crippen molar-refractivity contribution in [1.29, 1.82) is 0 Å². The molecule has 0 heterocycles. The van der Waals surface area contributed by atoms with Crippen molar-refractivity contribution in [1.82, 2.24) is 4.90 Å². The third kappa shape index (κ3) is 8.05. The number of rotatable bonds is 7. The van der Waals surface area contributed by atoms with Crippen molar-refractivity contribution in [3.05, 3.63) is 0 Å². The van der Waals surface area contributed by atoms with Crippen molar-refractivity contribution < 1.29 is 35.9 Å². The first-order valence-corrected chi connectivity index (χ1v) is 6.03. The van der Waals surface area contributed by atoms with E-state index in [0.29, 0.717) is 0 Å². The van der Waals surface area contributed by atoms with Gasteiger partial charge in [-0.25, -0.2) is 0 Å². The Bertz CT molecular complexity index is 358. The number of carbonyl (C=O) groups is 1. The highest BCUT2D eigenvalue weighted by Gasteiger charge is 2.57. The summed E-state index contributed by atoms with van der Waals surface area (Å²) < 4.78 is 76.6. The van der Waals surface area contributed by atoms with Crippen LogP contribution in [0.2, 0.25) is 0 Å². The van der Waals surface area contributed by atoms with E-state index in [2.05, 4.69) is 17.0 Å². The van der Waals surface area contributed by atoms with Gasteiger partial charge >= 0.3 is 12.4 Å². The van der Waals surface area contributed by atoms with Gasteiger partial charge in [0.2, 0.25) is 12.0 Å². The van der Waals surface area contributed by atoms with Gasteiger partial charge in [0.05, 0.1) is 18.0 Å². The summed E-state index contributed by atoms with van der Waals surface area (Å²) in [4.78, 5) is 12.7. The fourth-order valence-corrected chi connectivity index (χ4v) is 1.32. The van der Waals surface area contributed by atoms with Crippen molar-refractivity contribution in [2.24, 2.45) is 5.73 Å². The lowest BCUT2D eigenvalue weighted by Crippen LogP contribution is -2.44. The number of nitrogens with zero attached hydrogens (tertiary/aromatic N) is 1. The lowest BCUT2D eigenvalue weighted by molar-refractivity contribution is -0.321. The Hall–Kier alpha value is -1.10. The Morgan fingerprint density at radius 2 is 1.67 bits per heavy atom. The smallest absolute Gasteiger partial charge is 0.393 e. The molecule has 21 heavy (non-hydrogen) atoms. The number of carbonyl (C=O) groups excluding carboxylic acids is 1. The Balaban J connectivity index is 4.33. The SMILES string of the molecule is CN(CCC(N)=S)C(=O)CCOC(C(F)(F)F)C(F)(F)F. The van der Waals surface area contributed by atoms with E-state index in [9.17, 15) is 31.1 Å². The lowest BCUT2D eigenvalue weighted by atomic mass is 10.3. The van der Waals surface area contributed by atoms with Crippen LogP contribution in [-0.2, 0) is 9.53 Å². The predicted molar refractivity (Wildman–Crippen MR) is 65.5 cm³/mol. The summed E-state index contributed by atoms with van der Waals surface area (Å²) in [6, 6.07) is 0. The number of hydrogen-bond acceptors (Lipinski definition) is 3. The number of alkyl halides is 6. The van der Waals surface area contributed by atoms with Gasteiger partial charge in [-0.2, -0.15) is 26.3 Å². The van der Waals surface area contributed by atoms with E-state index < -0.39 is 37.4 Å². The summed E-state index contributed by atoms with van der Waals surface area (Å²) in [6.07, 6.45) is -15.5. The molecule has 0 bridgehead atoms. The minimum absolute atomic E-state index is 0.121. The third-order valence-electron chi connectivity index (χ3n) is 2.31. The molecule has 0 atom stereocenters. The van der Waals surface area contributed by atoms with E-state index in [0.717, 1.165) is 4.90 Å². The normalized spacial score (nSPS) is 12.6. The Kier molecular flexibility index (Phi) is 7.37. The summed E-state index contributed by atoms with van der Waals surface area (Å²) >= 11 is 4.57. The summed E-state index contributed by atoms with van der Waals surface area (Å²) in [7, 11) is 1.33. The Labute approximate surface area is 122 Å². The molecular formula is C10H14F6N2O2S. The number of hydrogen-bond donors (Lipinski definition) is 1. The molecule has 124 valence electrons. The molecule has 0 fully saturated rings. The van der Waals surface area contributed by atoms with Crippen LogP contribution in [0, 0.1) is 0 Å². The highest BCUT2D eigenvalue weighted by Crippen LogP contribution is 2.35. The largest absolute Gasteiger partial charge is 0.423 e. The average Bonchev–Trinajstić information content (AvgIpc) is 2.27. The van der Waals surface area contributed by atoms with Crippen LogP contribution < -0.4 is 5.73 Å². The molecule has 0 aliphatic rings. The number of halogens is 6. The van der Waals surface area contributed by atoms with Gasteiger partial charge in [-0.15, -0.1) is 0 Å². The van der Waals surface area contributed by atoms with Gasteiger partial charge in [0, 0.05) is 20.0 Å². The van der Waals surface area contributed by atoms with Gasteiger partial charge < -0.3 is 15.4 Å². The first-order chi connectivity index (χ1) is 9.35. The van der Waals surface area contributed by atoms with Crippen LogP contribution in [0.5, 0.6) is 0 Å². The minimum Gasteiger partial charge on any atom is -0.393 e. The second kappa shape index (κ2) is 7.78. The van der Waals surface area contributed by atoms with E-state index in [4.69, 9.17) is 5.73 Å². The molecule has 0 aromatic rings. The minimum atomic E-state index is -5.58. The molecule has 0 saturated heterocycles. The molecule has 0 aromatic heterocycles. The third-order valence-corrected chi connectivity index (χ3v) is 2.52. The Morgan fingerprint density at radius 1 is 1.19 bits per heavy atom. The second-order valence-corrected chi connectivity index (χ2v) is 4.64. The molecule has 11 heteroatoms. The maximum absolute atomic E-state index is 12.1. The van der Waals surface area contributed by atoms with Crippen LogP contribution in [0.4, 0.5) is 26.3 Å². The molecule has 0 spiro atoms. The van der Waals surface area contributed by atoms with Crippen molar-refractivity contribution in [2.75, 3.05) is 20.2 Å². The molecule has 0 unspecified atom stereocenters. The average molecular weight is 340 g/mol. The van der Waals surface area contributed by atoms with Crippen LogP contribution in [-0.4, -0.2) is 54.5 Å². The van der Waals surface area contributed by atoms with Crippen molar-refractivity contribution in [3.63, 3.8) is 0 Å². The van der Waals surface area contributed by atoms with Crippen molar-refractivity contribution in [3.8, 4) is 0 Å².